The largest absolute Gasteiger partial charge is 0.486 e. The van der Waals surface area contributed by atoms with E-state index in [-0.39, 0.29) is 23.7 Å². The monoisotopic (exact) mass is 472 g/mol. The summed E-state index contributed by atoms with van der Waals surface area (Å²) in [6.07, 6.45) is 16.9. The Bertz CT molecular complexity index is 998. The summed E-state index contributed by atoms with van der Waals surface area (Å²) in [5.41, 5.74) is 0.423. The van der Waals surface area contributed by atoms with Crippen LogP contribution in [0.5, 0.6) is 5.75 Å². The number of rotatable bonds is 9. The van der Waals surface area contributed by atoms with Crippen molar-refractivity contribution in [1.29, 1.82) is 0 Å². The summed E-state index contributed by atoms with van der Waals surface area (Å²) in [5.74, 6) is -0.669. The van der Waals surface area contributed by atoms with Crippen molar-refractivity contribution in [3.05, 3.63) is 53.4 Å². The van der Waals surface area contributed by atoms with Gasteiger partial charge in [-0.25, -0.2) is 13.2 Å². The Morgan fingerprint density at radius 3 is 2.50 bits per heavy atom. The number of ether oxygens (including phenoxy) is 1. The predicted molar refractivity (Wildman–Crippen MR) is 134 cm³/mol. The fourth-order valence-corrected chi connectivity index (χ4v) is 6.42. The summed E-state index contributed by atoms with van der Waals surface area (Å²) < 4.78 is 50.7. The molecule has 186 valence electrons. The first-order valence-corrected chi connectivity index (χ1v) is 13.4. The predicted octanol–water partition coefficient (Wildman–Crippen LogP) is 9.48. The first-order chi connectivity index (χ1) is 16.5. The molecule has 4 unspecified atom stereocenters. The van der Waals surface area contributed by atoms with E-state index in [1.807, 2.05) is 6.92 Å². The summed E-state index contributed by atoms with van der Waals surface area (Å²) in [6.45, 7) is 4.28. The molecule has 0 heterocycles. The molecule has 0 bridgehead atoms. The SMILES string of the molecule is CC=CCOc1ccc2cc(C3CCC4CC(CCCCCC)CCC4C3)c(F)c(F)c2c1F. The van der Waals surface area contributed by atoms with E-state index in [2.05, 4.69) is 6.92 Å². The van der Waals surface area contributed by atoms with Gasteiger partial charge in [-0.3, -0.25) is 0 Å². The molecule has 2 saturated carbocycles. The summed E-state index contributed by atoms with van der Waals surface area (Å²) in [6, 6.07) is 4.84. The Kier molecular flexibility index (Phi) is 8.60. The van der Waals surface area contributed by atoms with E-state index in [0.717, 1.165) is 31.1 Å². The lowest BCUT2D eigenvalue weighted by Crippen LogP contribution is -2.30. The lowest BCUT2D eigenvalue weighted by atomic mass is 9.63. The maximum Gasteiger partial charge on any atom is 0.175 e. The molecule has 1 nitrogen and oxygen atoms in total. The van der Waals surface area contributed by atoms with E-state index < -0.39 is 17.5 Å². The highest BCUT2D eigenvalue weighted by Gasteiger charge is 2.37. The standard InChI is InChI=1S/C30H39F3O/c1-3-5-7-8-9-20-10-11-22-18-23(13-12-21(22)17-20)25-19-24-14-15-26(34-16-6-4-2)29(32)27(24)30(33)28(25)31/h4,6,14-15,19-23H,3,5,7-13,16-18H2,1-2H3. The highest BCUT2D eigenvalue weighted by Crippen LogP contribution is 2.49. The second-order valence-electron chi connectivity index (χ2n) is 10.5. The average Bonchev–Trinajstić information content (AvgIpc) is 2.85. The number of unbranched alkanes of at least 4 members (excludes halogenated alkanes) is 3. The lowest BCUT2D eigenvalue weighted by Gasteiger charge is -2.42. The molecule has 4 heteroatoms. The number of benzene rings is 2. The van der Waals surface area contributed by atoms with Crippen LogP contribution in [0.2, 0.25) is 0 Å². The average molecular weight is 473 g/mol. The topological polar surface area (TPSA) is 9.23 Å². The van der Waals surface area contributed by atoms with Gasteiger partial charge in [0.1, 0.15) is 6.61 Å². The zero-order valence-electron chi connectivity index (χ0n) is 20.7. The molecular weight excluding hydrogens is 433 g/mol. The molecule has 0 aromatic heterocycles. The van der Waals surface area contributed by atoms with E-state index in [1.165, 1.54) is 57.4 Å². The van der Waals surface area contributed by atoms with Gasteiger partial charge in [0.15, 0.2) is 23.2 Å². The molecule has 2 aromatic rings. The fraction of sp³-hybridized carbons (Fsp3) is 0.600. The molecule has 2 aliphatic carbocycles. The van der Waals surface area contributed by atoms with Gasteiger partial charge in [-0.15, -0.1) is 0 Å². The van der Waals surface area contributed by atoms with Crippen molar-refractivity contribution < 1.29 is 17.9 Å². The minimum absolute atomic E-state index is 0.00920. The van der Waals surface area contributed by atoms with Crippen LogP contribution in [0.1, 0.15) is 96.0 Å². The Labute approximate surface area is 202 Å². The second kappa shape index (κ2) is 11.6. The first-order valence-electron chi connectivity index (χ1n) is 13.4. The summed E-state index contributed by atoms with van der Waals surface area (Å²) in [4.78, 5) is 0. The minimum Gasteiger partial charge on any atom is -0.486 e. The van der Waals surface area contributed by atoms with Gasteiger partial charge in [-0.05, 0) is 85.8 Å². The molecule has 2 aromatic carbocycles. The molecule has 2 fully saturated rings. The molecule has 0 amide bonds. The normalized spacial score (nSPS) is 25.1. The third-order valence-electron chi connectivity index (χ3n) is 8.31. The maximum absolute atomic E-state index is 15.2. The molecule has 4 rings (SSSR count). The Morgan fingerprint density at radius 2 is 1.71 bits per heavy atom. The fourth-order valence-electron chi connectivity index (χ4n) is 6.42. The van der Waals surface area contributed by atoms with Gasteiger partial charge in [0.2, 0.25) is 0 Å². The van der Waals surface area contributed by atoms with Crippen LogP contribution >= 0.6 is 0 Å². The van der Waals surface area contributed by atoms with Gasteiger partial charge in [-0.2, -0.15) is 0 Å². The highest BCUT2D eigenvalue weighted by atomic mass is 19.2. The van der Waals surface area contributed by atoms with Gasteiger partial charge in [0.25, 0.3) is 0 Å². The van der Waals surface area contributed by atoms with Crippen LogP contribution in [0.25, 0.3) is 10.8 Å². The molecule has 0 radical (unpaired) electrons. The van der Waals surface area contributed by atoms with Crippen LogP contribution < -0.4 is 4.74 Å². The van der Waals surface area contributed by atoms with Gasteiger partial charge in [-0.1, -0.05) is 63.7 Å². The third kappa shape index (κ3) is 5.47. The van der Waals surface area contributed by atoms with Crippen molar-refractivity contribution >= 4 is 10.8 Å². The van der Waals surface area contributed by atoms with Crippen molar-refractivity contribution in [1.82, 2.24) is 0 Å². The number of hydrogen-bond donors (Lipinski definition) is 0. The van der Waals surface area contributed by atoms with Crippen molar-refractivity contribution in [2.45, 2.75) is 90.4 Å². The van der Waals surface area contributed by atoms with E-state index in [9.17, 15) is 4.39 Å². The van der Waals surface area contributed by atoms with Gasteiger partial charge in [0, 0.05) is 0 Å². The highest BCUT2D eigenvalue weighted by molar-refractivity contribution is 5.86. The molecule has 0 saturated heterocycles. The van der Waals surface area contributed by atoms with Crippen LogP contribution in [0.3, 0.4) is 0 Å². The van der Waals surface area contributed by atoms with Crippen molar-refractivity contribution in [2.24, 2.45) is 17.8 Å². The molecule has 0 N–H and O–H groups in total. The molecule has 0 spiro atoms. The van der Waals surface area contributed by atoms with Crippen LogP contribution in [0, 0.1) is 35.2 Å². The van der Waals surface area contributed by atoms with Crippen LogP contribution in [-0.2, 0) is 0 Å². The summed E-state index contributed by atoms with van der Waals surface area (Å²) >= 11 is 0. The Hall–Kier alpha value is -1.97. The number of halogens is 3. The van der Waals surface area contributed by atoms with Gasteiger partial charge >= 0.3 is 0 Å². The quantitative estimate of drug-likeness (QED) is 0.261. The summed E-state index contributed by atoms with van der Waals surface area (Å²) in [7, 11) is 0. The molecule has 4 atom stereocenters. The van der Waals surface area contributed by atoms with Crippen LogP contribution in [0.4, 0.5) is 13.2 Å². The van der Waals surface area contributed by atoms with Crippen LogP contribution in [-0.4, -0.2) is 6.61 Å². The molecule has 2 aliphatic rings. The van der Waals surface area contributed by atoms with Crippen LogP contribution in [0.15, 0.2) is 30.4 Å². The second-order valence-corrected chi connectivity index (χ2v) is 10.5. The van der Waals surface area contributed by atoms with Gasteiger partial charge in [0.05, 0.1) is 5.39 Å². The smallest absolute Gasteiger partial charge is 0.175 e. The summed E-state index contributed by atoms with van der Waals surface area (Å²) in [5, 5.41) is 0.0965. The Morgan fingerprint density at radius 1 is 0.912 bits per heavy atom. The zero-order valence-corrected chi connectivity index (χ0v) is 20.7. The van der Waals surface area contributed by atoms with E-state index in [1.54, 1.807) is 24.3 Å². The Balaban J connectivity index is 1.46. The minimum atomic E-state index is -1.08. The van der Waals surface area contributed by atoms with Crippen molar-refractivity contribution in [3.8, 4) is 5.75 Å². The first kappa shape index (κ1) is 25.1. The van der Waals surface area contributed by atoms with E-state index >= 15 is 8.78 Å². The van der Waals surface area contributed by atoms with Crippen molar-refractivity contribution in [2.75, 3.05) is 6.61 Å². The molecule has 0 aliphatic heterocycles. The zero-order chi connectivity index (χ0) is 24.1. The van der Waals surface area contributed by atoms with E-state index in [4.69, 9.17) is 4.74 Å². The lowest BCUT2D eigenvalue weighted by molar-refractivity contribution is 0.112. The molecular formula is C30H39F3O. The number of allylic oxidation sites excluding steroid dienone is 1. The maximum atomic E-state index is 15.2. The third-order valence-corrected chi connectivity index (χ3v) is 8.31. The van der Waals surface area contributed by atoms with Crippen molar-refractivity contribution in [3.63, 3.8) is 0 Å². The number of fused-ring (bicyclic) bond motifs is 2. The molecule has 34 heavy (non-hydrogen) atoms. The van der Waals surface area contributed by atoms with E-state index in [0.29, 0.717) is 16.9 Å². The number of hydrogen-bond acceptors (Lipinski definition) is 1. The van der Waals surface area contributed by atoms with Gasteiger partial charge < -0.3 is 4.74 Å².